The van der Waals surface area contributed by atoms with Crippen LogP contribution >= 0.6 is 11.3 Å². The van der Waals surface area contributed by atoms with Gasteiger partial charge >= 0.3 is 0 Å². The number of hydrogen-bond acceptors (Lipinski definition) is 5. The summed E-state index contributed by atoms with van der Waals surface area (Å²) in [5.74, 6) is 0.665. The van der Waals surface area contributed by atoms with Gasteiger partial charge in [0.1, 0.15) is 5.60 Å². The molecule has 0 aliphatic carbocycles. The third-order valence-electron chi connectivity index (χ3n) is 2.32. The smallest absolute Gasteiger partial charge is 0.213 e. The Morgan fingerprint density at radius 2 is 2.05 bits per heavy atom. The summed E-state index contributed by atoms with van der Waals surface area (Å²) >= 11 is 1.66. The van der Waals surface area contributed by atoms with Gasteiger partial charge in [-0.25, -0.2) is 4.98 Å². The van der Waals surface area contributed by atoms with Gasteiger partial charge in [-0.2, -0.15) is 0 Å². The number of pyridine rings is 1. The molecule has 19 heavy (non-hydrogen) atoms. The van der Waals surface area contributed by atoms with Crippen LogP contribution in [0.15, 0.2) is 30.0 Å². The van der Waals surface area contributed by atoms with Crippen molar-refractivity contribution in [2.45, 2.75) is 39.5 Å². The van der Waals surface area contributed by atoms with E-state index in [1.807, 2.05) is 50.8 Å². The first-order chi connectivity index (χ1) is 9.03. The van der Waals surface area contributed by atoms with Crippen LogP contribution in [-0.2, 0) is 13.1 Å². The summed E-state index contributed by atoms with van der Waals surface area (Å²) in [4.78, 5) is 9.59. The van der Waals surface area contributed by atoms with Crippen molar-refractivity contribution in [3.8, 4) is 5.88 Å². The van der Waals surface area contributed by atoms with Crippen LogP contribution in [0.3, 0.4) is 0 Å². The van der Waals surface area contributed by atoms with Crippen molar-refractivity contribution >= 4 is 11.3 Å². The second-order valence-electron chi connectivity index (χ2n) is 5.29. The monoisotopic (exact) mass is 277 g/mol. The molecule has 2 aromatic heterocycles. The molecule has 0 aliphatic heterocycles. The van der Waals surface area contributed by atoms with E-state index in [-0.39, 0.29) is 5.60 Å². The Morgan fingerprint density at radius 3 is 2.63 bits per heavy atom. The lowest BCUT2D eigenvalue weighted by atomic mass is 10.2. The maximum Gasteiger partial charge on any atom is 0.213 e. The molecule has 0 spiro atoms. The number of nitrogens with one attached hydrogen (secondary N) is 1. The molecule has 0 aromatic carbocycles. The van der Waals surface area contributed by atoms with Crippen LogP contribution in [0, 0.1) is 0 Å². The Hall–Kier alpha value is -1.46. The minimum atomic E-state index is -0.209. The summed E-state index contributed by atoms with van der Waals surface area (Å²) in [5.41, 5.74) is 2.78. The SMILES string of the molecule is CC(C)(C)Oc1ccc(CNCc2cncs2)cn1. The fourth-order valence-corrected chi connectivity index (χ4v) is 2.11. The standard InChI is InChI=1S/C14H19N3OS/c1-14(2,3)18-13-5-4-11(7-17-13)6-15-8-12-9-16-10-19-12/h4-5,7,9-10,15H,6,8H2,1-3H3. The van der Waals surface area contributed by atoms with Crippen LogP contribution in [0.4, 0.5) is 0 Å². The maximum atomic E-state index is 5.68. The number of rotatable bonds is 5. The van der Waals surface area contributed by atoms with Crippen LogP contribution in [0.25, 0.3) is 0 Å². The second kappa shape index (κ2) is 6.12. The van der Waals surface area contributed by atoms with Crippen molar-refractivity contribution in [3.05, 3.63) is 40.5 Å². The highest BCUT2D eigenvalue weighted by atomic mass is 32.1. The predicted molar refractivity (Wildman–Crippen MR) is 77.3 cm³/mol. The van der Waals surface area contributed by atoms with Crippen LogP contribution in [0.1, 0.15) is 31.2 Å². The molecule has 102 valence electrons. The summed E-state index contributed by atoms with van der Waals surface area (Å²) in [7, 11) is 0. The van der Waals surface area contributed by atoms with Crippen molar-refractivity contribution in [2.24, 2.45) is 0 Å². The molecule has 0 saturated carbocycles. The summed E-state index contributed by atoms with van der Waals surface area (Å²) < 4.78 is 5.68. The van der Waals surface area contributed by atoms with Crippen molar-refractivity contribution in [1.29, 1.82) is 0 Å². The van der Waals surface area contributed by atoms with Gasteiger partial charge in [-0.1, -0.05) is 6.07 Å². The van der Waals surface area contributed by atoms with E-state index in [1.165, 1.54) is 4.88 Å². The Kier molecular flexibility index (Phi) is 4.50. The van der Waals surface area contributed by atoms with Crippen molar-refractivity contribution in [3.63, 3.8) is 0 Å². The van der Waals surface area contributed by atoms with Crippen LogP contribution in [0.5, 0.6) is 5.88 Å². The molecule has 0 aliphatic rings. The Balaban J connectivity index is 1.81. The lowest BCUT2D eigenvalue weighted by Gasteiger charge is -2.20. The highest BCUT2D eigenvalue weighted by Crippen LogP contribution is 2.15. The first-order valence-electron chi connectivity index (χ1n) is 6.25. The molecule has 0 unspecified atom stereocenters. The van der Waals surface area contributed by atoms with Crippen LogP contribution < -0.4 is 10.1 Å². The fourth-order valence-electron chi connectivity index (χ4n) is 1.55. The zero-order valence-electron chi connectivity index (χ0n) is 11.5. The summed E-state index contributed by atoms with van der Waals surface area (Å²) in [6, 6.07) is 3.95. The molecule has 0 radical (unpaired) electrons. The van der Waals surface area contributed by atoms with Gasteiger partial charge in [0.15, 0.2) is 0 Å². The zero-order chi connectivity index (χ0) is 13.7. The van der Waals surface area contributed by atoms with E-state index in [2.05, 4.69) is 15.3 Å². The lowest BCUT2D eigenvalue weighted by molar-refractivity contribution is 0.124. The number of hydrogen-bond donors (Lipinski definition) is 1. The van der Waals surface area contributed by atoms with Crippen molar-refractivity contribution in [1.82, 2.24) is 15.3 Å². The summed E-state index contributed by atoms with van der Waals surface area (Å²) in [6.07, 6.45) is 3.73. The second-order valence-corrected chi connectivity index (χ2v) is 6.26. The average molecular weight is 277 g/mol. The molecule has 2 heterocycles. The van der Waals surface area contributed by atoms with Crippen LogP contribution in [0.2, 0.25) is 0 Å². The predicted octanol–water partition coefficient (Wildman–Crippen LogP) is 3.01. The first-order valence-corrected chi connectivity index (χ1v) is 7.13. The molecule has 0 atom stereocenters. The molecule has 4 nitrogen and oxygen atoms in total. The normalized spacial score (nSPS) is 11.5. The molecular weight excluding hydrogens is 258 g/mol. The molecular formula is C14H19N3OS. The van der Waals surface area contributed by atoms with E-state index in [9.17, 15) is 0 Å². The third kappa shape index (κ3) is 4.96. The summed E-state index contributed by atoms with van der Waals surface area (Å²) in [5, 5.41) is 3.36. The Labute approximate surface area is 117 Å². The van der Waals surface area contributed by atoms with Gasteiger partial charge in [0.05, 0.1) is 5.51 Å². The van der Waals surface area contributed by atoms with Gasteiger partial charge in [0.2, 0.25) is 5.88 Å². The number of aromatic nitrogens is 2. The number of ether oxygens (including phenoxy) is 1. The molecule has 0 saturated heterocycles. The minimum absolute atomic E-state index is 0.209. The largest absolute Gasteiger partial charge is 0.472 e. The molecule has 0 fully saturated rings. The molecule has 2 rings (SSSR count). The van der Waals surface area contributed by atoms with E-state index in [0.717, 1.165) is 18.7 Å². The number of thiazole rings is 1. The first kappa shape index (κ1) is 14.0. The van der Waals surface area contributed by atoms with E-state index >= 15 is 0 Å². The summed E-state index contributed by atoms with van der Waals surface area (Å²) in [6.45, 7) is 7.67. The Bertz CT molecular complexity index is 488. The van der Waals surface area contributed by atoms with Gasteiger partial charge in [0.25, 0.3) is 0 Å². The highest BCUT2D eigenvalue weighted by molar-refractivity contribution is 7.09. The number of nitrogens with zero attached hydrogens (tertiary/aromatic N) is 2. The van der Waals surface area contributed by atoms with Crippen LogP contribution in [-0.4, -0.2) is 15.6 Å². The van der Waals surface area contributed by atoms with Gasteiger partial charge in [-0.15, -0.1) is 11.3 Å². The maximum absolute atomic E-state index is 5.68. The topological polar surface area (TPSA) is 47.0 Å². The minimum Gasteiger partial charge on any atom is -0.472 e. The van der Waals surface area contributed by atoms with E-state index in [1.54, 1.807) is 11.3 Å². The van der Waals surface area contributed by atoms with E-state index in [0.29, 0.717) is 5.88 Å². The molecule has 0 amide bonds. The molecule has 0 bridgehead atoms. The van der Waals surface area contributed by atoms with Gasteiger partial charge in [-0.3, -0.25) is 4.98 Å². The molecule has 2 aromatic rings. The highest BCUT2D eigenvalue weighted by Gasteiger charge is 2.12. The third-order valence-corrected chi connectivity index (χ3v) is 3.10. The van der Waals surface area contributed by atoms with Crippen molar-refractivity contribution in [2.75, 3.05) is 0 Å². The van der Waals surface area contributed by atoms with E-state index < -0.39 is 0 Å². The Morgan fingerprint density at radius 1 is 1.21 bits per heavy atom. The molecule has 5 heteroatoms. The quantitative estimate of drug-likeness (QED) is 0.912. The fraction of sp³-hybridized carbons (Fsp3) is 0.429. The lowest BCUT2D eigenvalue weighted by Crippen LogP contribution is -2.23. The zero-order valence-corrected chi connectivity index (χ0v) is 12.3. The van der Waals surface area contributed by atoms with Gasteiger partial charge in [-0.05, 0) is 26.3 Å². The van der Waals surface area contributed by atoms with Crippen molar-refractivity contribution < 1.29 is 4.74 Å². The average Bonchev–Trinajstić information content (AvgIpc) is 2.82. The van der Waals surface area contributed by atoms with E-state index in [4.69, 9.17) is 4.74 Å². The van der Waals surface area contributed by atoms with Gasteiger partial charge in [0, 0.05) is 36.4 Å². The molecule has 1 N–H and O–H groups in total. The van der Waals surface area contributed by atoms with Gasteiger partial charge < -0.3 is 10.1 Å².